The average molecular weight is 357 g/mol. The summed E-state index contributed by atoms with van der Waals surface area (Å²) >= 11 is 0. The van der Waals surface area contributed by atoms with Crippen LogP contribution in [0.4, 0.5) is 5.69 Å². The minimum atomic E-state index is -0.213. The summed E-state index contributed by atoms with van der Waals surface area (Å²) in [5, 5.41) is 2.93. The van der Waals surface area contributed by atoms with Gasteiger partial charge in [-0.3, -0.25) is 4.79 Å². The van der Waals surface area contributed by atoms with Gasteiger partial charge in [-0.25, -0.2) is 4.98 Å². The first-order valence-corrected chi connectivity index (χ1v) is 8.65. The van der Waals surface area contributed by atoms with Crippen molar-refractivity contribution in [3.8, 4) is 17.0 Å². The molecule has 5 heteroatoms. The number of rotatable bonds is 4. The Morgan fingerprint density at radius 3 is 2.67 bits per heavy atom. The molecule has 0 aliphatic rings. The zero-order valence-corrected chi connectivity index (χ0v) is 15.1. The highest BCUT2D eigenvalue weighted by Crippen LogP contribution is 2.24. The van der Waals surface area contributed by atoms with E-state index in [9.17, 15) is 4.79 Å². The van der Waals surface area contributed by atoms with Crippen LogP contribution in [0.5, 0.6) is 5.75 Å². The molecule has 2 aromatic heterocycles. The fraction of sp³-hybridized carbons (Fsp3) is 0.0909. The molecule has 4 rings (SSSR count). The van der Waals surface area contributed by atoms with Crippen molar-refractivity contribution in [1.29, 1.82) is 0 Å². The van der Waals surface area contributed by atoms with Crippen LogP contribution in [0.2, 0.25) is 0 Å². The van der Waals surface area contributed by atoms with Gasteiger partial charge < -0.3 is 14.5 Å². The van der Waals surface area contributed by atoms with E-state index < -0.39 is 0 Å². The number of methoxy groups -OCH3 is 1. The van der Waals surface area contributed by atoms with Gasteiger partial charge in [0.25, 0.3) is 5.91 Å². The van der Waals surface area contributed by atoms with E-state index in [0.29, 0.717) is 17.0 Å². The van der Waals surface area contributed by atoms with E-state index in [2.05, 4.69) is 14.7 Å². The average Bonchev–Trinajstić information content (AvgIpc) is 3.14. The number of amides is 1. The summed E-state index contributed by atoms with van der Waals surface area (Å²) in [6.45, 7) is 2.04. The number of nitrogens with zero attached hydrogens (tertiary/aromatic N) is 2. The molecule has 1 amide bonds. The molecular formula is C22H19N3O2. The van der Waals surface area contributed by atoms with E-state index in [4.69, 9.17) is 4.74 Å². The van der Waals surface area contributed by atoms with Crippen molar-refractivity contribution in [2.75, 3.05) is 12.4 Å². The van der Waals surface area contributed by atoms with Gasteiger partial charge in [-0.2, -0.15) is 0 Å². The molecule has 0 radical (unpaired) electrons. The molecule has 27 heavy (non-hydrogen) atoms. The number of hydrogen-bond acceptors (Lipinski definition) is 3. The molecule has 0 fully saturated rings. The Morgan fingerprint density at radius 1 is 1.04 bits per heavy atom. The Balaban J connectivity index is 1.64. The van der Waals surface area contributed by atoms with Gasteiger partial charge in [0.15, 0.2) is 0 Å². The third-order valence-electron chi connectivity index (χ3n) is 4.46. The molecular weight excluding hydrogens is 338 g/mol. The largest absolute Gasteiger partial charge is 0.496 e. The number of anilines is 1. The lowest BCUT2D eigenvalue weighted by Gasteiger charge is -2.09. The number of para-hydroxylation sites is 1. The number of fused-ring (bicyclic) bond motifs is 1. The summed E-state index contributed by atoms with van der Waals surface area (Å²) in [7, 11) is 1.55. The second-order valence-corrected chi connectivity index (χ2v) is 6.26. The quantitative estimate of drug-likeness (QED) is 0.582. The van der Waals surface area contributed by atoms with Crippen LogP contribution in [0.15, 0.2) is 72.9 Å². The van der Waals surface area contributed by atoms with Gasteiger partial charge in [-0.05, 0) is 43.3 Å². The summed E-state index contributed by atoms with van der Waals surface area (Å²) in [6.07, 6.45) is 2.01. The molecule has 5 nitrogen and oxygen atoms in total. The van der Waals surface area contributed by atoms with Crippen LogP contribution in [0.1, 0.15) is 16.1 Å². The van der Waals surface area contributed by atoms with Crippen LogP contribution in [0.25, 0.3) is 16.9 Å². The lowest BCUT2D eigenvalue weighted by molar-refractivity contribution is 0.102. The van der Waals surface area contributed by atoms with Crippen LogP contribution in [-0.4, -0.2) is 22.4 Å². The minimum absolute atomic E-state index is 0.213. The fourth-order valence-electron chi connectivity index (χ4n) is 3.07. The topological polar surface area (TPSA) is 55.6 Å². The summed E-state index contributed by atoms with van der Waals surface area (Å²) in [4.78, 5) is 17.3. The number of imidazole rings is 1. The molecule has 0 saturated carbocycles. The van der Waals surface area contributed by atoms with Crippen LogP contribution >= 0.6 is 0 Å². The second kappa shape index (κ2) is 6.96. The van der Waals surface area contributed by atoms with Crippen LogP contribution in [0.3, 0.4) is 0 Å². The van der Waals surface area contributed by atoms with E-state index in [1.807, 2.05) is 67.7 Å². The monoisotopic (exact) mass is 357 g/mol. The zero-order valence-electron chi connectivity index (χ0n) is 15.1. The van der Waals surface area contributed by atoms with Crippen molar-refractivity contribution in [3.05, 3.63) is 84.2 Å². The van der Waals surface area contributed by atoms with Crippen molar-refractivity contribution < 1.29 is 9.53 Å². The van der Waals surface area contributed by atoms with Crippen LogP contribution in [0, 0.1) is 6.92 Å². The Hall–Kier alpha value is -3.60. The standard InChI is InChI=1S/C22H19N3O2/c1-15-7-5-12-21-24-19(14-25(15)21)16-8-6-9-17(13-16)23-22(26)18-10-3-4-11-20(18)27-2/h3-14H,1-2H3,(H,23,26). The summed E-state index contributed by atoms with van der Waals surface area (Å²) in [5.74, 6) is 0.331. The number of carbonyl (C=O) groups is 1. The molecule has 0 unspecified atom stereocenters. The smallest absolute Gasteiger partial charge is 0.259 e. The number of carbonyl (C=O) groups excluding carboxylic acids is 1. The highest BCUT2D eigenvalue weighted by atomic mass is 16.5. The van der Waals surface area contributed by atoms with E-state index in [1.54, 1.807) is 19.2 Å². The molecule has 0 aliphatic carbocycles. The molecule has 134 valence electrons. The molecule has 0 aliphatic heterocycles. The molecule has 1 N–H and O–H groups in total. The first-order chi connectivity index (χ1) is 13.2. The third-order valence-corrected chi connectivity index (χ3v) is 4.46. The first kappa shape index (κ1) is 16.8. The lowest BCUT2D eigenvalue weighted by Crippen LogP contribution is -2.13. The summed E-state index contributed by atoms with van der Waals surface area (Å²) < 4.78 is 7.32. The number of aryl methyl sites for hydroxylation is 1. The zero-order chi connectivity index (χ0) is 18.8. The molecule has 2 aromatic carbocycles. The van der Waals surface area contributed by atoms with Gasteiger partial charge in [0.05, 0.1) is 18.4 Å². The lowest BCUT2D eigenvalue weighted by atomic mass is 10.1. The van der Waals surface area contributed by atoms with Gasteiger partial charge in [0.1, 0.15) is 11.4 Å². The number of hydrogen-bond donors (Lipinski definition) is 1. The van der Waals surface area contributed by atoms with Crippen LogP contribution < -0.4 is 10.1 Å². The third kappa shape index (κ3) is 3.27. The van der Waals surface area contributed by atoms with Crippen molar-refractivity contribution >= 4 is 17.2 Å². The van der Waals surface area contributed by atoms with Crippen LogP contribution in [-0.2, 0) is 0 Å². The van der Waals surface area contributed by atoms with Gasteiger partial charge in [-0.15, -0.1) is 0 Å². The maximum atomic E-state index is 12.6. The van der Waals surface area contributed by atoms with Crippen molar-refractivity contribution in [1.82, 2.24) is 9.38 Å². The first-order valence-electron chi connectivity index (χ1n) is 8.65. The molecule has 4 aromatic rings. The van der Waals surface area contributed by atoms with Crippen molar-refractivity contribution in [2.45, 2.75) is 6.92 Å². The normalized spacial score (nSPS) is 10.7. The van der Waals surface area contributed by atoms with Gasteiger partial charge in [0, 0.05) is 23.1 Å². The second-order valence-electron chi connectivity index (χ2n) is 6.26. The fourth-order valence-corrected chi connectivity index (χ4v) is 3.07. The maximum absolute atomic E-state index is 12.6. The summed E-state index contributed by atoms with van der Waals surface area (Å²) in [6, 6.07) is 20.8. The maximum Gasteiger partial charge on any atom is 0.259 e. The number of aromatic nitrogens is 2. The van der Waals surface area contributed by atoms with E-state index >= 15 is 0 Å². The Morgan fingerprint density at radius 2 is 1.85 bits per heavy atom. The Kier molecular flexibility index (Phi) is 4.34. The molecule has 2 heterocycles. The van der Waals surface area contributed by atoms with E-state index in [1.165, 1.54) is 0 Å². The number of pyridine rings is 1. The van der Waals surface area contributed by atoms with Crippen molar-refractivity contribution in [3.63, 3.8) is 0 Å². The predicted octanol–water partition coefficient (Wildman–Crippen LogP) is 4.57. The minimum Gasteiger partial charge on any atom is -0.496 e. The highest BCUT2D eigenvalue weighted by Gasteiger charge is 2.12. The highest BCUT2D eigenvalue weighted by molar-refractivity contribution is 6.06. The molecule has 0 saturated heterocycles. The molecule has 0 spiro atoms. The molecule has 0 bridgehead atoms. The number of nitrogens with one attached hydrogen (secondary N) is 1. The number of benzene rings is 2. The Bertz CT molecular complexity index is 1130. The van der Waals surface area contributed by atoms with Gasteiger partial charge in [-0.1, -0.05) is 30.3 Å². The van der Waals surface area contributed by atoms with Gasteiger partial charge in [0.2, 0.25) is 0 Å². The predicted molar refractivity (Wildman–Crippen MR) is 106 cm³/mol. The van der Waals surface area contributed by atoms with Gasteiger partial charge >= 0.3 is 0 Å². The molecule has 0 atom stereocenters. The SMILES string of the molecule is COc1ccccc1C(=O)Nc1cccc(-c2cn3c(C)cccc3n2)c1. The van der Waals surface area contributed by atoms with E-state index in [0.717, 1.165) is 22.6 Å². The number of ether oxygens (including phenoxy) is 1. The van der Waals surface area contributed by atoms with E-state index in [-0.39, 0.29) is 5.91 Å². The summed E-state index contributed by atoms with van der Waals surface area (Å²) in [5.41, 5.74) is 5.01. The van der Waals surface area contributed by atoms with Crippen molar-refractivity contribution in [2.24, 2.45) is 0 Å². The Labute approximate surface area is 157 Å².